The zero-order valence-corrected chi connectivity index (χ0v) is 18.2. The first-order valence-electron chi connectivity index (χ1n) is 10.3. The van der Waals surface area contributed by atoms with E-state index in [4.69, 9.17) is 0 Å². The Morgan fingerprint density at radius 1 is 0.806 bits per heavy atom. The third-order valence-electron chi connectivity index (χ3n) is 5.79. The summed E-state index contributed by atoms with van der Waals surface area (Å²) in [7, 11) is 0. The molecule has 1 N–H and O–H groups in total. The van der Waals surface area contributed by atoms with Crippen LogP contribution in [0.4, 0.5) is 5.69 Å². The van der Waals surface area contributed by atoms with Gasteiger partial charge in [-0.25, -0.2) is 0 Å². The van der Waals surface area contributed by atoms with Gasteiger partial charge in [0.25, 0.3) is 11.8 Å². The van der Waals surface area contributed by atoms with Gasteiger partial charge in [0, 0.05) is 11.9 Å². The van der Waals surface area contributed by atoms with Crippen molar-refractivity contribution in [3.63, 3.8) is 0 Å². The second-order valence-electron chi connectivity index (χ2n) is 7.99. The first kappa shape index (κ1) is 20.5. The fourth-order valence-electron chi connectivity index (χ4n) is 3.62. The van der Waals surface area contributed by atoms with E-state index < -0.39 is 0 Å². The number of hydrogen-bond donors (Lipinski definition) is 1. The highest BCUT2D eigenvalue weighted by molar-refractivity contribution is 6.36. The molecule has 0 atom stereocenters. The first-order chi connectivity index (χ1) is 14.8. The van der Waals surface area contributed by atoms with Crippen molar-refractivity contribution in [2.45, 2.75) is 34.2 Å². The minimum atomic E-state index is -0.345. The van der Waals surface area contributed by atoms with Crippen LogP contribution in [0.3, 0.4) is 0 Å². The Kier molecular flexibility index (Phi) is 5.42. The minimum absolute atomic E-state index is 0.130. The van der Waals surface area contributed by atoms with Crippen LogP contribution in [-0.2, 0) is 16.1 Å². The molecular formula is C26H25N3O2. The van der Waals surface area contributed by atoms with Crippen LogP contribution in [0.25, 0.3) is 5.57 Å². The van der Waals surface area contributed by atoms with Crippen molar-refractivity contribution in [3.05, 3.63) is 100 Å². The van der Waals surface area contributed by atoms with Crippen LogP contribution in [0.5, 0.6) is 0 Å². The Balaban J connectivity index is 1.78. The summed E-state index contributed by atoms with van der Waals surface area (Å²) in [6.07, 6.45) is 1.66. The Bertz CT molecular complexity index is 1210. The number of anilines is 1. The zero-order chi connectivity index (χ0) is 22.1. The third kappa shape index (κ3) is 3.99. The number of aromatic nitrogens is 1. The standard InChI is InChI=1S/C26H25N3O2/c1-16-8-10-20(13-18(16)3)23-24(28-21-11-9-17(2)19(4)14-21)26(31)29(25(23)30)15-22-7-5-6-12-27-22/h5-14,28H,15H2,1-4H3. The SMILES string of the molecule is Cc1ccc(NC2=C(c3ccc(C)c(C)c3)C(=O)N(Cc3ccccn3)C2=O)cc1C. The van der Waals surface area contributed by atoms with Crippen LogP contribution in [0.1, 0.15) is 33.5 Å². The van der Waals surface area contributed by atoms with Crippen LogP contribution >= 0.6 is 0 Å². The Morgan fingerprint density at radius 2 is 1.52 bits per heavy atom. The fraction of sp³-hybridized carbons (Fsp3) is 0.192. The van der Waals surface area contributed by atoms with E-state index >= 15 is 0 Å². The Hall–Kier alpha value is -3.73. The molecule has 3 aromatic rings. The number of amides is 2. The van der Waals surface area contributed by atoms with Gasteiger partial charge in [0.2, 0.25) is 0 Å². The highest BCUT2D eigenvalue weighted by Gasteiger charge is 2.39. The normalized spacial score (nSPS) is 13.9. The van der Waals surface area contributed by atoms with Gasteiger partial charge >= 0.3 is 0 Å². The van der Waals surface area contributed by atoms with Gasteiger partial charge in [0.15, 0.2) is 0 Å². The van der Waals surface area contributed by atoms with E-state index in [0.29, 0.717) is 17.0 Å². The van der Waals surface area contributed by atoms with Crippen LogP contribution < -0.4 is 5.32 Å². The maximum Gasteiger partial charge on any atom is 0.278 e. The average molecular weight is 412 g/mol. The highest BCUT2D eigenvalue weighted by Crippen LogP contribution is 2.32. The number of benzene rings is 2. The van der Waals surface area contributed by atoms with Gasteiger partial charge in [0.1, 0.15) is 5.70 Å². The smallest absolute Gasteiger partial charge is 0.278 e. The van der Waals surface area contributed by atoms with Crippen LogP contribution in [0, 0.1) is 27.7 Å². The lowest BCUT2D eigenvalue weighted by Crippen LogP contribution is -2.32. The molecule has 0 unspecified atom stereocenters. The number of rotatable bonds is 5. The van der Waals surface area contributed by atoms with E-state index in [1.165, 1.54) is 10.5 Å². The lowest BCUT2D eigenvalue weighted by Gasteiger charge is -2.15. The summed E-state index contributed by atoms with van der Waals surface area (Å²) in [6, 6.07) is 17.2. The topological polar surface area (TPSA) is 62.3 Å². The van der Waals surface area contributed by atoms with Gasteiger partial charge in [-0.05, 0) is 79.8 Å². The van der Waals surface area contributed by atoms with Crippen molar-refractivity contribution in [3.8, 4) is 0 Å². The Morgan fingerprint density at radius 3 is 2.16 bits per heavy atom. The van der Waals surface area contributed by atoms with Gasteiger partial charge in [0.05, 0.1) is 17.8 Å². The molecule has 1 aliphatic heterocycles. The number of hydrogen-bond acceptors (Lipinski definition) is 4. The molecule has 5 heteroatoms. The third-order valence-corrected chi connectivity index (χ3v) is 5.79. The van der Waals surface area contributed by atoms with Crippen LogP contribution in [0.15, 0.2) is 66.5 Å². The molecule has 0 fully saturated rings. The van der Waals surface area contributed by atoms with Crippen molar-refractivity contribution < 1.29 is 9.59 Å². The largest absolute Gasteiger partial charge is 0.350 e. The lowest BCUT2D eigenvalue weighted by atomic mass is 9.99. The maximum atomic E-state index is 13.4. The second-order valence-corrected chi connectivity index (χ2v) is 7.99. The Labute approximate surface area is 182 Å². The van der Waals surface area contributed by atoms with E-state index in [-0.39, 0.29) is 18.4 Å². The summed E-state index contributed by atoms with van der Waals surface area (Å²) in [4.78, 5) is 32.3. The van der Waals surface area contributed by atoms with E-state index in [9.17, 15) is 9.59 Å². The van der Waals surface area contributed by atoms with E-state index in [1.807, 2.05) is 82.3 Å². The summed E-state index contributed by atoms with van der Waals surface area (Å²) >= 11 is 0. The van der Waals surface area contributed by atoms with Crippen molar-refractivity contribution in [2.24, 2.45) is 0 Å². The molecule has 4 rings (SSSR count). The molecule has 5 nitrogen and oxygen atoms in total. The minimum Gasteiger partial charge on any atom is -0.350 e. The molecule has 0 aliphatic carbocycles. The summed E-state index contributed by atoms with van der Waals surface area (Å²) in [6.45, 7) is 8.22. The van der Waals surface area contributed by atoms with Gasteiger partial charge in [-0.2, -0.15) is 0 Å². The molecule has 1 aliphatic rings. The first-order valence-corrected chi connectivity index (χ1v) is 10.3. The number of carbonyl (C=O) groups excluding carboxylic acids is 2. The molecular weight excluding hydrogens is 386 g/mol. The summed E-state index contributed by atoms with van der Waals surface area (Å²) < 4.78 is 0. The molecule has 0 saturated heterocycles. The van der Waals surface area contributed by atoms with E-state index in [2.05, 4.69) is 10.3 Å². The van der Waals surface area contributed by atoms with Gasteiger partial charge in [-0.3, -0.25) is 19.5 Å². The quantitative estimate of drug-likeness (QED) is 0.618. The van der Waals surface area contributed by atoms with Gasteiger partial charge in [-0.15, -0.1) is 0 Å². The molecule has 1 aromatic heterocycles. The molecule has 0 bridgehead atoms. The summed E-state index contributed by atoms with van der Waals surface area (Å²) in [5.41, 5.74) is 7.34. The van der Waals surface area contributed by atoms with Crippen LogP contribution in [0.2, 0.25) is 0 Å². The number of carbonyl (C=O) groups is 2. The fourth-order valence-corrected chi connectivity index (χ4v) is 3.62. The lowest BCUT2D eigenvalue weighted by molar-refractivity contribution is -0.137. The molecule has 2 heterocycles. The van der Waals surface area contributed by atoms with Crippen molar-refractivity contribution in [1.29, 1.82) is 0 Å². The van der Waals surface area contributed by atoms with Crippen LogP contribution in [-0.4, -0.2) is 21.7 Å². The molecule has 2 aromatic carbocycles. The molecule has 0 saturated carbocycles. The predicted octanol–water partition coefficient (Wildman–Crippen LogP) is 4.71. The number of aryl methyl sites for hydroxylation is 4. The second kappa shape index (κ2) is 8.19. The summed E-state index contributed by atoms with van der Waals surface area (Å²) in [5, 5.41) is 3.23. The van der Waals surface area contributed by atoms with Gasteiger partial charge < -0.3 is 5.32 Å². The molecule has 0 spiro atoms. The molecule has 0 radical (unpaired) electrons. The zero-order valence-electron chi connectivity index (χ0n) is 18.2. The summed E-state index contributed by atoms with van der Waals surface area (Å²) in [5.74, 6) is -0.660. The maximum absolute atomic E-state index is 13.4. The monoisotopic (exact) mass is 411 g/mol. The molecule has 31 heavy (non-hydrogen) atoms. The highest BCUT2D eigenvalue weighted by atomic mass is 16.2. The number of pyridine rings is 1. The van der Waals surface area contributed by atoms with Gasteiger partial charge in [-0.1, -0.05) is 30.3 Å². The van der Waals surface area contributed by atoms with E-state index in [1.54, 1.807) is 6.20 Å². The predicted molar refractivity (Wildman–Crippen MR) is 122 cm³/mol. The average Bonchev–Trinajstić information content (AvgIpc) is 2.98. The van der Waals surface area contributed by atoms with E-state index in [0.717, 1.165) is 27.9 Å². The van der Waals surface area contributed by atoms with Crippen molar-refractivity contribution in [1.82, 2.24) is 9.88 Å². The number of nitrogens with zero attached hydrogens (tertiary/aromatic N) is 2. The number of nitrogens with one attached hydrogen (secondary N) is 1. The number of imide groups is 1. The van der Waals surface area contributed by atoms with Crippen molar-refractivity contribution in [2.75, 3.05) is 5.32 Å². The molecule has 2 amide bonds. The molecule has 156 valence electrons. The van der Waals surface area contributed by atoms with Crippen molar-refractivity contribution >= 4 is 23.1 Å².